The van der Waals surface area contributed by atoms with Gasteiger partial charge in [0.25, 0.3) is 5.56 Å². The highest BCUT2D eigenvalue weighted by Crippen LogP contribution is 2.41. The van der Waals surface area contributed by atoms with E-state index in [4.69, 9.17) is 19.2 Å². The fraction of sp³-hybridized carbons (Fsp3) is 0.167. The molecule has 0 radical (unpaired) electrons. The summed E-state index contributed by atoms with van der Waals surface area (Å²) in [5, 5.41) is 0. The lowest BCUT2D eigenvalue weighted by Gasteiger charge is -2.30. The number of methoxy groups -OCH3 is 2. The van der Waals surface area contributed by atoms with Crippen molar-refractivity contribution in [1.29, 1.82) is 0 Å². The van der Waals surface area contributed by atoms with E-state index in [0.717, 1.165) is 50.1 Å². The Morgan fingerprint density at radius 2 is 1.78 bits per heavy atom. The number of nitrogens with zero attached hydrogens (tertiary/aromatic N) is 2. The monoisotopic (exact) mass is 730 g/mol. The number of benzene rings is 4. The minimum absolute atomic E-state index is 0.0656. The van der Waals surface area contributed by atoms with Crippen molar-refractivity contribution in [2.75, 3.05) is 14.2 Å². The molecule has 6 nitrogen and oxygen atoms in total. The van der Waals surface area contributed by atoms with Crippen molar-refractivity contribution in [3.63, 3.8) is 0 Å². The van der Waals surface area contributed by atoms with Crippen LogP contribution < -0.4 is 29.1 Å². The average Bonchev–Trinajstić information content (AvgIpc) is 3.37. The Labute approximate surface area is 276 Å². The molecule has 1 aliphatic heterocycles. The highest BCUT2D eigenvalue weighted by molar-refractivity contribution is 14.1. The molecular weight excluding hydrogens is 702 g/mol. The normalized spacial score (nSPS) is 15.6. The highest BCUT2D eigenvalue weighted by Gasteiger charge is 2.32. The summed E-state index contributed by atoms with van der Waals surface area (Å²) >= 11 is 3.56. The summed E-state index contributed by atoms with van der Waals surface area (Å²) in [4.78, 5) is 20.0. The molecule has 1 atom stereocenters. The summed E-state index contributed by atoms with van der Waals surface area (Å²) in [6, 6.07) is 26.3. The second-order valence-corrected chi connectivity index (χ2v) is 13.0. The number of allylic oxidation sites excluding steroid dienone is 1. The molecule has 226 valence electrons. The number of hydrogen-bond donors (Lipinski definition) is 0. The average molecular weight is 731 g/mol. The van der Waals surface area contributed by atoms with E-state index in [0.29, 0.717) is 26.4 Å². The summed E-state index contributed by atoms with van der Waals surface area (Å²) in [6.07, 6.45) is 3.59. The second-order valence-electron chi connectivity index (χ2n) is 10.8. The molecule has 0 N–H and O–H groups in total. The van der Waals surface area contributed by atoms with Gasteiger partial charge in [0.2, 0.25) is 0 Å². The number of hydrogen-bond acceptors (Lipinski definition) is 6. The Hall–Kier alpha value is -4.22. The molecule has 9 heteroatoms. The summed E-state index contributed by atoms with van der Waals surface area (Å²) < 4.78 is 34.5. The number of aryl methyl sites for hydroxylation is 1. The van der Waals surface area contributed by atoms with Crippen molar-refractivity contribution in [2.45, 2.75) is 25.5 Å². The predicted octanol–water partition coefficient (Wildman–Crippen LogP) is 6.66. The van der Waals surface area contributed by atoms with Crippen LogP contribution >= 0.6 is 33.9 Å². The van der Waals surface area contributed by atoms with Crippen LogP contribution in [0.5, 0.6) is 17.2 Å². The van der Waals surface area contributed by atoms with E-state index >= 15 is 0 Å². The number of rotatable bonds is 7. The molecule has 0 bridgehead atoms. The Balaban J connectivity index is 1.33. The van der Waals surface area contributed by atoms with Gasteiger partial charge in [-0.25, -0.2) is 9.38 Å². The van der Waals surface area contributed by atoms with E-state index in [1.54, 1.807) is 32.4 Å². The van der Waals surface area contributed by atoms with Gasteiger partial charge in [0.1, 0.15) is 18.2 Å². The molecule has 1 aromatic heterocycles. The van der Waals surface area contributed by atoms with Crippen LogP contribution in [0.15, 0.2) is 100 Å². The smallest absolute Gasteiger partial charge is 0.271 e. The zero-order valence-electron chi connectivity index (χ0n) is 24.6. The molecule has 5 aromatic rings. The van der Waals surface area contributed by atoms with E-state index in [1.807, 2.05) is 53.1 Å². The first-order valence-electron chi connectivity index (χ1n) is 14.5. The van der Waals surface area contributed by atoms with Gasteiger partial charge in [-0.1, -0.05) is 65.9 Å². The minimum atomic E-state index is -0.323. The molecule has 0 unspecified atom stereocenters. The molecule has 7 rings (SSSR count). The topological polar surface area (TPSA) is 62.0 Å². The van der Waals surface area contributed by atoms with Gasteiger partial charge in [-0.15, -0.1) is 0 Å². The van der Waals surface area contributed by atoms with Crippen LogP contribution in [0.1, 0.15) is 40.3 Å². The van der Waals surface area contributed by atoms with Crippen molar-refractivity contribution in [1.82, 2.24) is 4.57 Å². The zero-order chi connectivity index (χ0) is 31.1. The van der Waals surface area contributed by atoms with E-state index < -0.39 is 0 Å². The quantitative estimate of drug-likeness (QED) is 0.176. The first-order chi connectivity index (χ1) is 21.9. The third-order valence-electron chi connectivity index (χ3n) is 8.18. The molecule has 2 aliphatic rings. The van der Waals surface area contributed by atoms with Crippen LogP contribution in [0, 0.1) is 9.39 Å². The van der Waals surface area contributed by atoms with Gasteiger partial charge in [0.15, 0.2) is 16.3 Å². The third kappa shape index (κ3) is 5.48. The first-order valence-corrected chi connectivity index (χ1v) is 16.4. The van der Waals surface area contributed by atoms with Crippen molar-refractivity contribution < 1.29 is 18.6 Å². The van der Waals surface area contributed by atoms with Crippen molar-refractivity contribution in [3.8, 4) is 17.2 Å². The Morgan fingerprint density at radius 1 is 1.00 bits per heavy atom. The van der Waals surface area contributed by atoms with Crippen LogP contribution in [0.3, 0.4) is 0 Å². The molecule has 0 fully saturated rings. The molecule has 4 aromatic carbocycles. The van der Waals surface area contributed by atoms with Crippen LogP contribution in [-0.4, -0.2) is 18.8 Å². The van der Waals surface area contributed by atoms with Crippen molar-refractivity contribution >= 4 is 45.7 Å². The van der Waals surface area contributed by atoms with Crippen molar-refractivity contribution in [2.24, 2.45) is 4.99 Å². The van der Waals surface area contributed by atoms with Gasteiger partial charge in [0, 0.05) is 11.1 Å². The zero-order valence-corrected chi connectivity index (χ0v) is 27.5. The highest BCUT2D eigenvalue weighted by atomic mass is 127. The summed E-state index contributed by atoms with van der Waals surface area (Å²) in [7, 11) is 3.21. The van der Waals surface area contributed by atoms with Gasteiger partial charge < -0.3 is 14.2 Å². The molecule has 0 amide bonds. The van der Waals surface area contributed by atoms with Gasteiger partial charge in [0.05, 0.1) is 34.1 Å². The summed E-state index contributed by atoms with van der Waals surface area (Å²) in [6.45, 7) is 0.0656. The summed E-state index contributed by atoms with van der Waals surface area (Å²) in [5.74, 6) is 1.46. The minimum Gasteiger partial charge on any atom is -0.497 e. The molecule has 0 saturated carbocycles. The predicted molar refractivity (Wildman–Crippen MR) is 182 cm³/mol. The third-order valence-corrected chi connectivity index (χ3v) is 9.97. The van der Waals surface area contributed by atoms with Crippen molar-refractivity contribution in [3.05, 3.63) is 147 Å². The maximum atomic E-state index is 14.2. The molecule has 45 heavy (non-hydrogen) atoms. The Bertz CT molecular complexity index is 2150. The molecule has 0 spiro atoms. The van der Waals surface area contributed by atoms with Gasteiger partial charge in [-0.2, -0.15) is 0 Å². The largest absolute Gasteiger partial charge is 0.497 e. The molecule has 2 heterocycles. The van der Waals surface area contributed by atoms with Gasteiger partial charge in [-0.05, 0) is 94.1 Å². The van der Waals surface area contributed by atoms with E-state index in [9.17, 15) is 9.18 Å². The SMILES string of the molecule is COc1ccc([C@H]2C3=C(N=c4s/c(=C\c5cc(I)c(OCc6ccccc6F)c(OC)c5)c(=O)n42)c2ccccc2CC3)cc1. The fourth-order valence-corrected chi connectivity index (χ4v) is 7.77. The van der Waals surface area contributed by atoms with E-state index in [1.165, 1.54) is 23.0 Å². The van der Waals surface area contributed by atoms with Crippen LogP contribution in [-0.2, 0) is 13.0 Å². The van der Waals surface area contributed by atoms with Crippen LogP contribution in [0.4, 0.5) is 4.39 Å². The maximum Gasteiger partial charge on any atom is 0.271 e. The Kier molecular flexibility index (Phi) is 8.05. The van der Waals surface area contributed by atoms with Crippen LogP contribution in [0.25, 0.3) is 11.8 Å². The number of thiazole rings is 1. The second kappa shape index (κ2) is 12.3. The lowest BCUT2D eigenvalue weighted by molar-refractivity contribution is 0.277. The standard InChI is InChI=1S/C36H28FIN2O4S/c1-42-25-14-11-23(12-15-25)33-27-16-13-22-7-3-5-9-26(22)32(27)39-36-40(33)35(41)31(45-36)19-21-17-29(38)34(30(18-21)43-2)44-20-24-8-4-6-10-28(24)37/h3-12,14-15,17-19,33H,13,16,20H2,1-2H3/b31-19-/t33-/m0/s1. The van der Waals surface area contributed by atoms with Gasteiger partial charge in [-0.3, -0.25) is 9.36 Å². The lowest BCUT2D eigenvalue weighted by atomic mass is 9.83. The molecular formula is C36H28FIN2O4S. The van der Waals surface area contributed by atoms with E-state index in [2.05, 4.69) is 40.8 Å². The van der Waals surface area contributed by atoms with Gasteiger partial charge >= 0.3 is 0 Å². The Morgan fingerprint density at radius 3 is 2.56 bits per heavy atom. The molecule has 0 saturated heterocycles. The number of ether oxygens (including phenoxy) is 3. The number of aromatic nitrogens is 1. The maximum absolute atomic E-state index is 14.2. The van der Waals surface area contributed by atoms with Crippen LogP contribution in [0.2, 0.25) is 0 Å². The first kappa shape index (κ1) is 29.5. The van der Waals surface area contributed by atoms with E-state index in [-0.39, 0.29) is 24.0 Å². The number of fused-ring (bicyclic) bond motifs is 3. The number of halogens is 2. The lowest BCUT2D eigenvalue weighted by Crippen LogP contribution is -2.38. The fourth-order valence-electron chi connectivity index (χ4n) is 5.99. The molecule has 1 aliphatic carbocycles. The summed E-state index contributed by atoms with van der Waals surface area (Å²) in [5.41, 5.74) is 6.65.